The number of thioether (sulfide) groups is 1. The maximum atomic E-state index is 11.5. The van der Waals surface area contributed by atoms with E-state index in [1.807, 2.05) is 23.9 Å². The van der Waals surface area contributed by atoms with Gasteiger partial charge < -0.3 is 0 Å². The topological polar surface area (TPSA) is 17.1 Å². The number of rotatable bonds is 15. The number of carbonyl (C=O) groups is 1. The fourth-order valence-electron chi connectivity index (χ4n) is 1.89. The van der Waals surface area contributed by atoms with E-state index in [4.69, 9.17) is 0 Å². The van der Waals surface area contributed by atoms with Gasteiger partial charge in [-0.05, 0) is 43.6 Å². The summed E-state index contributed by atoms with van der Waals surface area (Å²) in [6.07, 6.45) is 14.7. The molecular weight excluding hydrogens is 252 g/mol. The van der Waals surface area contributed by atoms with Crippen molar-refractivity contribution >= 4 is 17.5 Å². The predicted octanol–water partition coefficient (Wildman–Crippen LogP) is 5.56. The lowest BCUT2D eigenvalue weighted by Crippen LogP contribution is -1.97. The molecule has 0 unspecified atom stereocenters. The Bertz CT molecular complexity index is 235. The summed E-state index contributed by atoms with van der Waals surface area (Å²) in [5.41, 5.74) is 0. The van der Waals surface area contributed by atoms with Crippen LogP contribution in [0.25, 0.3) is 0 Å². The zero-order valence-electron chi connectivity index (χ0n) is 12.4. The third-order valence-corrected chi connectivity index (χ3v) is 4.18. The molecular formula is C17H30OS. The van der Waals surface area contributed by atoms with Gasteiger partial charge in [-0.25, -0.2) is 0 Å². The van der Waals surface area contributed by atoms with E-state index in [1.54, 1.807) is 0 Å². The number of unbranched alkanes of at least 4 members (excludes halogenated alkanes) is 5. The van der Waals surface area contributed by atoms with Crippen LogP contribution in [-0.2, 0) is 4.79 Å². The molecule has 0 bridgehead atoms. The van der Waals surface area contributed by atoms with Crippen LogP contribution in [0.15, 0.2) is 25.3 Å². The van der Waals surface area contributed by atoms with Gasteiger partial charge in [0.15, 0.2) is 0 Å². The van der Waals surface area contributed by atoms with E-state index in [9.17, 15) is 4.79 Å². The molecule has 0 N–H and O–H groups in total. The highest BCUT2D eigenvalue weighted by Crippen LogP contribution is 2.11. The lowest BCUT2D eigenvalue weighted by Gasteiger charge is -2.02. The first-order chi connectivity index (χ1) is 9.31. The molecule has 0 aromatic carbocycles. The monoisotopic (exact) mass is 282 g/mol. The van der Waals surface area contributed by atoms with Crippen LogP contribution >= 0.6 is 11.8 Å². The van der Waals surface area contributed by atoms with E-state index in [-0.39, 0.29) is 0 Å². The SMILES string of the molecule is C=CCCCC(=O)CCCCCCCSCCC=C. The maximum absolute atomic E-state index is 11.5. The van der Waals surface area contributed by atoms with Crippen molar-refractivity contribution < 1.29 is 4.79 Å². The van der Waals surface area contributed by atoms with Crippen molar-refractivity contribution in [2.75, 3.05) is 11.5 Å². The van der Waals surface area contributed by atoms with Gasteiger partial charge in [0, 0.05) is 12.8 Å². The molecule has 0 amide bonds. The highest BCUT2D eigenvalue weighted by molar-refractivity contribution is 7.99. The zero-order chi connectivity index (χ0) is 14.2. The highest BCUT2D eigenvalue weighted by Gasteiger charge is 2.00. The molecule has 110 valence electrons. The minimum atomic E-state index is 0.432. The normalized spacial score (nSPS) is 10.3. The van der Waals surface area contributed by atoms with Crippen LogP contribution in [0.2, 0.25) is 0 Å². The van der Waals surface area contributed by atoms with Crippen LogP contribution in [-0.4, -0.2) is 17.3 Å². The summed E-state index contributed by atoms with van der Waals surface area (Å²) in [4.78, 5) is 11.5. The number of ketones is 1. The molecule has 0 saturated heterocycles. The molecule has 1 nitrogen and oxygen atoms in total. The molecule has 0 aromatic heterocycles. The van der Waals surface area contributed by atoms with E-state index in [0.717, 1.165) is 38.5 Å². The largest absolute Gasteiger partial charge is 0.300 e. The van der Waals surface area contributed by atoms with Gasteiger partial charge in [0.1, 0.15) is 5.78 Å². The van der Waals surface area contributed by atoms with Gasteiger partial charge in [-0.1, -0.05) is 31.4 Å². The van der Waals surface area contributed by atoms with E-state index in [1.165, 1.54) is 37.2 Å². The molecule has 0 fully saturated rings. The molecule has 0 aliphatic heterocycles. The van der Waals surface area contributed by atoms with Gasteiger partial charge in [0.2, 0.25) is 0 Å². The first kappa shape index (κ1) is 18.5. The molecule has 0 spiro atoms. The Balaban J connectivity index is 3.11. The van der Waals surface area contributed by atoms with Gasteiger partial charge in [0.25, 0.3) is 0 Å². The van der Waals surface area contributed by atoms with Crippen molar-refractivity contribution in [1.29, 1.82) is 0 Å². The van der Waals surface area contributed by atoms with Crippen LogP contribution in [0.3, 0.4) is 0 Å². The van der Waals surface area contributed by atoms with Crippen molar-refractivity contribution in [3.63, 3.8) is 0 Å². The molecule has 19 heavy (non-hydrogen) atoms. The van der Waals surface area contributed by atoms with Crippen LogP contribution in [0.4, 0.5) is 0 Å². The summed E-state index contributed by atoms with van der Waals surface area (Å²) in [6, 6.07) is 0. The Morgan fingerprint density at radius 2 is 1.42 bits per heavy atom. The summed E-state index contributed by atoms with van der Waals surface area (Å²) in [5.74, 6) is 2.92. The average molecular weight is 282 g/mol. The first-order valence-corrected chi connectivity index (χ1v) is 8.78. The summed E-state index contributed by atoms with van der Waals surface area (Å²) in [6.45, 7) is 7.39. The minimum Gasteiger partial charge on any atom is -0.300 e. The quantitative estimate of drug-likeness (QED) is 0.289. The van der Waals surface area contributed by atoms with Gasteiger partial charge in [-0.3, -0.25) is 4.79 Å². The lowest BCUT2D eigenvalue weighted by molar-refractivity contribution is -0.119. The van der Waals surface area contributed by atoms with Crippen molar-refractivity contribution in [2.24, 2.45) is 0 Å². The molecule has 0 atom stereocenters. The second-order valence-corrected chi connectivity index (χ2v) is 6.15. The minimum absolute atomic E-state index is 0.432. The second-order valence-electron chi connectivity index (χ2n) is 4.93. The average Bonchev–Trinajstić information content (AvgIpc) is 2.41. The van der Waals surface area contributed by atoms with Gasteiger partial charge >= 0.3 is 0 Å². The number of carbonyl (C=O) groups excluding carboxylic acids is 1. The van der Waals surface area contributed by atoms with Crippen LogP contribution < -0.4 is 0 Å². The van der Waals surface area contributed by atoms with Crippen LogP contribution in [0.1, 0.15) is 64.2 Å². The third kappa shape index (κ3) is 15.4. The Hall–Kier alpha value is -0.500. The maximum Gasteiger partial charge on any atom is 0.132 e. The molecule has 2 heteroatoms. The summed E-state index contributed by atoms with van der Waals surface area (Å²) < 4.78 is 0. The fourth-order valence-corrected chi connectivity index (χ4v) is 2.84. The summed E-state index contributed by atoms with van der Waals surface area (Å²) >= 11 is 2.02. The molecule has 0 aliphatic rings. The van der Waals surface area contributed by atoms with Crippen molar-refractivity contribution in [3.8, 4) is 0 Å². The van der Waals surface area contributed by atoms with E-state index in [0.29, 0.717) is 5.78 Å². The summed E-state index contributed by atoms with van der Waals surface area (Å²) in [5, 5.41) is 0. The fraction of sp³-hybridized carbons (Fsp3) is 0.706. The zero-order valence-corrected chi connectivity index (χ0v) is 13.2. The number of hydrogen-bond donors (Lipinski definition) is 0. The second kappa shape index (κ2) is 15.6. The van der Waals surface area contributed by atoms with Crippen molar-refractivity contribution in [1.82, 2.24) is 0 Å². The number of Topliss-reactive ketones (excluding diaryl/α,β-unsaturated/α-hetero) is 1. The van der Waals surface area contributed by atoms with Gasteiger partial charge in [-0.2, -0.15) is 11.8 Å². The highest BCUT2D eigenvalue weighted by atomic mass is 32.2. The molecule has 0 heterocycles. The Labute approximate surface area is 123 Å². The Morgan fingerprint density at radius 3 is 2.16 bits per heavy atom. The molecule has 0 rings (SSSR count). The third-order valence-electron chi connectivity index (χ3n) is 3.07. The molecule has 0 aliphatic carbocycles. The van der Waals surface area contributed by atoms with E-state index < -0.39 is 0 Å². The lowest BCUT2D eigenvalue weighted by atomic mass is 10.1. The standard InChI is InChI=1S/C17H30OS/c1-3-5-10-13-17(18)14-11-8-7-9-12-16-19-15-6-4-2/h3-4H,1-2,5-16H2. The van der Waals surface area contributed by atoms with Gasteiger partial charge in [0.05, 0.1) is 0 Å². The molecule has 0 aromatic rings. The predicted molar refractivity (Wildman–Crippen MR) is 88.9 cm³/mol. The van der Waals surface area contributed by atoms with Crippen molar-refractivity contribution in [3.05, 3.63) is 25.3 Å². The number of allylic oxidation sites excluding steroid dienone is 2. The Kier molecular flexibility index (Phi) is 15.1. The van der Waals surface area contributed by atoms with E-state index >= 15 is 0 Å². The smallest absolute Gasteiger partial charge is 0.132 e. The Morgan fingerprint density at radius 1 is 0.789 bits per heavy atom. The molecule has 0 radical (unpaired) electrons. The van der Waals surface area contributed by atoms with Crippen LogP contribution in [0, 0.1) is 0 Å². The van der Waals surface area contributed by atoms with E-state index in [2.05, 4.69) is 13.2 Å². The molecule has 0 saturated carbocycles. The van der Waals surface area contributed by atoms with Crippen LogP contribution in [0.5, 0.6) is 0 Å². The summed E-state index contributed by atoms with van der Waals surface area (Å²) in [7, 11) is 0. The van der Waals surface area contributed by atoms with Gasteiger partial charge in [-0.15, -0.1) is 13.2 Å². The van der Waals surface area contributed by atoms with Crippen molar-refractivity contribution in [2.45, 2.75) is 64.2 Å². The number of hydrogen-bond acceptors (Lipinski definition) is 2. The first-order valence-electron chi connectivity index (χ1n) is 7.62.